The van der Waals surface area contributed by atoms with Crippen LogP contribution in [0, 0.1) is 0 Å². The van der Waals surface area contributed by atoms with Crippen molar-refractivity contribution in [1.82, 2.24) is 20.2 Å². The first-order chi connectivity index (χ1) is 12.6. The number of methoxy groups -OCH3 is 1. The van der Waals surface area contributed by atoms with Crippen molar-refractivity contribution in [3.8, 4) is 5.75 Å². The van der Waals surface area contributed by atoms with E-state index in [0.29, 0.717) is 17.3 Å². The Kier molecular flexibility index (Phi) is 4.37. The summed E-state index contributed by atoms with van der Waals surface area (Å²) in [5.41, 5.74) is 0.453. The molecular weight excluding hydrogens is 374 g/mol. The summed E-state index contributed by atoms with van der Waals surface area (Å²) >= 11 is 1.17. The molecule has 1 aromatic carbocycles. The summed E-state index contributed by atoms with van der Waals surface area (Å²) in [5, 5.41) is 13.5. The number of anilines is 1. The number of tetrazole rings is 1. The largest absolute Gasteiger partial charge is 0.495 e. The van der Waals surface area contributed by atoms with Crippen LogP contribution in [-0.4, -0.2) is 35.7 Å². The van der Waals surface area contributed by atoms with Gasteiger partial charge in [0.2, 0.25) is 0 Å². The van der Waals surface area contributed by atoms with Crippen molar-refractivity contribution >= 4 is 27.0 Å². The van der Waals surface area contributed by atoms with E-state index in [0.717, 1.165) is 12.8 Å². The highest BCUT2D eigenvalue weighted by Crippen LogP contribution is 2.37. The highest BCUT2D eigenvalue weighted by Gasteiger charge is 2.33. The fraction of sp³-hybridized carbons (Fsp3) is 0.312. The van der Waals surface area contributed by atoms with Crippen LogP contribution in [0.5, 0.6) is 5.75 Å². The predicted molar refractivity (Wildman–Crippen MR) is 96.8 cm³/mol. The normalized spacial score (nSPS) is 14.3. The topological polar surface area (TPSA) is 90.2 Å². The number of rotatable bonds is 7. The Labute approximate surface area is 155 Å². The fourth-order valence-corrected chi connectivity index (χ4v) is 5.24. The number of nitrogens with zero attached hydrogens (tertiary/aromatic N) is 5. The van der Waals surface area contributed by atoms with Gasteiger partial charge in [0.1, 0.15) is 9.96 Å². The lowest BCUT2D eigenvalue weighted by Crippen LogP contribution is -2.31. The number of hydrogen-bond donors (Lipinski definition) is 0. The van der Waals surface area contributed by atoms with E-state index >= 15 is 0 Å². The van der Waals surface area contributed by atoms with Gasteiger partial charge in [0.25, 0.3) is 10.0 Å². The van der Waals surface area contributed by atoms with Gasteiger partial charge in [-0.15, -0.1) is 16.4 Å². The molecule has 0 aliphatic heterocycles. The maximum Gasteiger partial charge on any atom is 0.274 e. The third-order valence-electron chi connectivity index (χ3n) is 4.13. The number of aromatic nitrogens is 4. The molecule has 1 saturated carbocycles. The van der Waals surface area contributed by atoms with E-state index in [-0.39, 0.29) is 16.8 Å². The van der Waals surface area contributed by atoms with E-state index in [1.807, 2.05) is 0 Å². The zero-order valence-electron chi connectivity index (χ0n) is 14.0. The van der Waals surface area contributed by atoms with E-state index in [1.54, 1.807) is 46.5 Å². The van der Waals surface area contributed by atoms with Gasteiger partial charge in [0.15, 0.2) is 5.82 Å². The van der Waals surface area contributed by atoms with E-state index < -0.39 is 10.0 Å². The Morgan fingerprint density at radius 1 is 1.27 bits per heavy atom. The van der Waals surface area contributed by atoms with Crippen molar-refractivity contribution in [1.29, 1.82) is 0 Å². The lowest BCUT2D eigenvalue weighted by atomic mass is 10.3. The Morgan fingerprint density at radius 2 is 2.08 bits per heavy atom. The number of benzene rings is 1. The molecule has 0 spiro atoms. The van der Waals surface area contributed by atoms with E-state index in [9.17, 15) is 8.42 Å². The average molecular weight is 391 g/mol. The first kappa shape index (κ1) is 17.0. The van der Waals surface area contributed by atoms with Gasteiger partial charge in [-0.2, -0.15) is 0 Å². The predicted octanol–water partition coefficient (Wildman–Crippen LogP) is 2.47. The molecule has 2 aromatic heterocycles. The number of para-hydroxylation sites is 2. The van der Waals surface area contributed by atoms with Gasteiger partial charge in [-0.05, 0) is 46.8 Å². The van der Waals surface area contributed by atoms with Crippen LogP contribution in [0.15, 0.2) is 46.0 Å². The molecule has 0 N–H and O–H groups in total. The third-order valence-corrected chi connectivity index (χ3v) is 7.26. The summed E-state index contributed by atoms with van der Waals surface area (Å²) in [6.45, 7) is 0.0319. The van der Waals surface area contributed by atoms with Gasteiger partial charge in [0.05, 0.1) is 25.4 Å². The second kappa shape index (κ2) is 6.69. The standard InChI is InChI=1S/C16H17N5O3S2/c1-24-14-6-3-2-5-13(14)20(26(22,23)16-7-4-10-25-16)11-15-17-18-19-21(15)12-8-9-12/h2-7,10,12H,8-9,11H2,1H3. The molecule has 3 aromatic rings. The van der Waals surface area contributed by atoms with Crippen molar-refractivity contribution in [3.05, 3.63) is 47.6 Å². The van der Waals surface area contributed by atoms with Crippen LogP contribution >= 0.6 is 11.3 Å². The lowest BCUT2D eigenvalue weighted by molar-refractivity contribution is 0.415. The van der Waals surface area contributed by atoms with Crippen LogP contribution in [0.3, 0.4) is 0 Å². The van der Waals surface area contributed by atoms with Gasteiger partial charge < -0.3 is 4.74 Å². The molecular formula is C16H17N5O3S2. The van der Waals surface area contributed by atoms with Gasteiger partial charge in [-0.3, -0.25) is 4.31 Å². The Balaban J connectivity index is 1.80. The first-order valence-electron chi connectivity index (χ1n) is 8.07. The molecule has 2 heterocycles. The lowest BCUT2D eigenvalue weighted by Gasteiger charge is -2.24. The molecule has 8 nitrogen and oxygen atoms in total. The Bertz CT molecular complexity index is 997. The monoisotopic (exact) mass is 391 g/mol. The number of hydrogen-bond acceptors (Lipinski definition) is 7. The van der Waals surface area contributed by atoms with Crippen LogP contribution in [0.4, 0.5) is 5.69 Å². The molecule has 1 aliphatic rings. The summed E-state index contributed by atoms with van der Waals surface area (Å²) in [7, 11) is -2.26. The molecule has 0 unspecified atom stereocenters. The summed E-state index contributed by atoms with van der Waals surface area (Å²) in [6, 6.07) is 10.6. The summed E-state index contributed by atoms with van der Waals surface area (Å²) < 4.78 is 35.2. The molecule has 1 fully saturated rings. The highest BCUT2D eigenvalue weighted by atomic mass is 32.2. The number of thiophene rings is 1. The molecule has 4 rings (SSSR count). The molecule has 0 bridgehead atoms. The van der Waals surface area contributed by atoms with Gasteiger partial charge in [-0.1, -0.05) is 18.2 Å². The van der Waals surface area contributed by atoms with Crippen LogP contribution in [-0.2, 0) is 16.6 Å². The summed E-state index contributed by atoms with van der Waals surface area (Å²) in [5.74, 6) is 0.983. The minimum absolute atomic E-state index is 0.0319. The molecule has 0 amide bonds. The van der Waals surface area contributed by atoms with E-state index in [4.69, 9.17) is 4.74 Å². The molecule has 0 atom stereocenters. The minimum Gasteiger partial charge on any atom is -0.495 e. The quantitative estimate of drug-likeness (QED) is 0.615. The molecule has 10 heteroatoms. The van der Waals surface area contributed by atoms with Crippen LogP contribution in [0.2, 0.25) is 0 Å². The van der Waals surface area contributed by atoms with Crippen LogP contribution < -0.4 is 9.04 Å². The molecule has 0 radical (unpaired) electrons. The van der Waals surface area contributed by atoms with Crippen molar-refractivity contribution in [2.45, 2.75) is 29.6 Å². The molecule has 0 saturated heterocycles. The first-order valence-corrected chi connectivity index (χ1v) is 10.4. The van der Waals surface area contributed by atoms with Gasteiger partial charge >= 0.3 is 0 Å². The van der Waals surface area contributed by atoms with Crippen LogP contribution in [0.25, 0.3) is 0 Å². The van der Waals surface area contributed by atoms with Crippen molar-refractivity contribution in [2.75, 3.05) is 11.4 Å². The van der Waals surface area contributed by atoms with E-state index in [2.05, 4.69) is 15.5 Å². The zero-order valence-corrected chi connectivity index (χ0v) is 15.7. The zero-order chi connectivity index (χ0) is 18.1. The van der Waals surface area contributed by atoms with Crippen molar-refractivity contribution in [2.24, 2.45) is 0 Å². The van der Waals surface area contributed by atoms with Gasteiger partial charge in [-0.25, -0.2) is 13.1 Å². The smallest absolute Gasteiger partial charge is 0.274 e. The maximum absolute atomic E-state index is 13.3. The Morgan fingerprint density at radius 3 is 2.77 bits per heavy atom. The molecule has 1 aliphatic carbocycles. The fourth-order valence-electron chi connectivity index (χ4n) is 2.70. The van der Waals surface area contributed by atoms with Crippen molar-refractivity contribution in [3.63, 3.8) is 0 Å². The molecule has 26 heavy (non-hydrogen) atoms. The second-order valence-corrected chi connectivity index (χ2v) is 8.92. The minimum atomic E-state index is -3.78. The third kappa shape index (κ3) is 3.06. The average Bonchev–Trinajstić information content (AvgIpc) is 3.14. The summed E-state index contributed by atoms with van der Waals surface area (Å²) in [6.07, 6.45) is 2.01. The number of sulfonamides is 1. The summed E-state index contributed by atoms with van der Waals surface area (Å²) in [4.78, 5) is 0. The SMILES string of the molecule is COc1ccccc1N(Cc1nnnn1C1CC1)S(=O)(=O)c1cccs1. The van der Waals surface area contributed by atoms with E-state index in [1.165, 1.54) is 22.8 Å². The second-order valence-electron chi connectivity index (χ2n) is 5.89. The highest BCUT2D eigenvalue weighted by molar-refractivity contribution is 7.94. The van der Waals surface area contributed by atoms with Gasteiger partial charge in [0, 0.05) is 0 Å². The van der Waals surface area contributed by atoms with Crippen molar-refractivity contribution < 1.29 is 13.2 Å². The maximum atomic E-state index is 13.3. The number of ether oxygens (including phenoxy) is 1. The van der Waals surface area contributed by atoms with Crippen LogP contribution in [0.1, 0.15) is 24.7 Å². The Hall–Kier alpha value is -2.46. The molecule has 136 valence electrons.